The normalized spacial score (nSPS) is 11.8. The Labute approximate surface area is 144 Å². The summed E-state index contributed by atoms with van der Waals surface area (Å²) in [5, 5.41) is 6.63. The second-order valence-electron chi connectivity index (χ2n) is 5.49. The van der Waals surface area contributed by atoms with Gasteiger partial charge in [0.05, 0.1) is 0 Å². The van der Waals surface area contributed by atoms with Crippen molar-refractivity contribution < 1.29 is 13.7 Å². The van der Waals surface area contributed by atoms with Gasteiger partial charge in [-0.05, 0) is 36.8 Å². The lowest BCUT2D eigenvalue weighted by molar-refractivity contribution is 0.0932. The van der Waals surface area contributed by atoms with Gasteiger partial charge in [0, 0.05) is 11.1 Å². The van der Waals surface area contributed by atoms with Gasteiger partial charge in [0.15, 0.2) is 0 Å². The Hall–Kier alpha value is -3.28. The summed E-state index contributed by atoms with van der Waals surface area (Å²) in [7, 11) is 0. The highest BCUT2D eigenvalue weighted by Crippen LogP contribution is 2.19. The summed E-state index contributed by atoms with van der Waals surface area (Å²) < 4.78 is 18.5. The van der Waals surface area contributed by atoms with Crippen LogP contribution in [0.2, 0.25) is 0 Å². The second-order valence-corrected chi connectivity index (χ2v) is 5.49. The Morgan fingerprint density at radius 1 is 1.28 bits per heavy atom. The van der Waals surface area contributed by atoms with Crippen molar-refractivity contribution in [3.63, 3.8) is 0 Å². The summed E-state index contributed by atoms with van der Waals surface area (Å²) in [6.45, 7) is 5.41. The molecule has 1 atom stereocenters. The second kappa shape index (κ2) is 7.09. The molecule has 0 saturated heterocycles. The summed E-state index contributed by atoms with van der Waals surface area (Å²) in [4.78, 5) is 16.5. The van der Waals surface area contributed by atoms with Crippen LogP contribution in [0.3, 0.4) is 0 Å². The first-order valence-electron chi connectivity index (χ1n) is 7.69. The molecule has 0 aliphatic carbocycles. The number of rotatable bonds is 5. The highest BCUT2D eigenvalue weighted by Gasteiger charge is 2.18. The maximum Gasteiger partial charge on any atom is 0.251 e. The van der Waals surface area contributed by atoms with Gasteiger partial charge in [-0.1, -0.05) is 42.1 Å². The Morgan fingerprint density at radius 2 is 2.04 bits per heavy atom. The average Bonchev–Trinajstić information content (AvgIpc) is 3.12. The number of carbonyl (C=O) groups excluding carboxylic acids is 1. The number of nitrogens with one attached hydrogen (secondary N) is 1. The van der Waals surface area contributed by atoms with Crippen LogP contribution in [0.1, 0.15) is 34.8 Å². The summed E-state index contributed by atoms with van der Waals surface area (Å²) in [5.41, 5.74) is 1.96. The van der Waals surface area contributed by atoms with Crippen LogP contribution in [-0.2, 0) is 0 Å². The van der Waals surface area contributed by atoms with Crippen molar-refractivity contribution in [1.82, 2.24) is 15.5 Å². The first kappa shape index (κ1) is 16.6. The zero-order chi connectivity index (χ0) is 17.8. The largest absolute Gasteiger partial charge is 0.341 e. The van der Waals surface area contributed by atoms with Gasteiger partial charge in [0.25, 0.3) is 5.91 Å². The molecule has 3 rings (SSSR count). The van der Waals surface area contributed by atoms with E-state index in [1.807, 2.05) is 0 Å². The topological polar surface area (TPSA) is 68.0 Å². The van der Waals surface area contributed by atoms with Crippen molar-refractivity contribution in [3.05, 3.63) is 77.9 Å². The maximum atomic E-state index is 13.3. The smallest absolute Gasteiger partial charge is 0.251 e. The predicted molar refractivity (Wildman–Crippen MR) is 92.1 cm³/mol. The number of aromatic nitrogens is 2. The molecule has 0 saturated carbocycles. The summed E-state index contributed by atoms with van der Waals surface area (Å²) in [6, 6.07) is 12.5. The molecular weight excluding hydrogens is 321 g/mol. The van der Waals surface area contributed by atoms with Crippen LogP contribution in [0.5, 0.6) is 0 Å². The van der Waals surface area contributed by atoms with Crippen LogP contribution in [0.15, 0.2) is 59.6 Å². The number of hydrogen-bond acceptors (Lipinski definition) is 4. The molecule has 0 fully saturated rings. The summed E-state index contributed by atoms with van der Waals surface area (Å²) in [6.07, 6.45) is 1.71. The lowest BCUT2D eigenvalue weighted by Crippen LogP contribution is -2.26. The van der Waals surface area contributed by atoms with E-state index in [4.69, 9.17) is 4.52 Å². The Bertz CT molecular complexity index is 903. The van der Waals surface area contributed by atoms with Gasteiger partial charge in [-0.25, -0.2) is 4.39 Å². The SMILES string of the molecule is C=Cc1ccc(C(=O)NC(C)c2nc(-c3cccc(F)c3)no2)cc1. The number of nitrogens with zero attached hydrogens (tertiary/aromatic N) is 2. The molecule has 0 aliphatic heterocycles. The van der Waals surface area contributed by atoms with Gasteiger partial charge in [-0.15, -0.1) is 0 Å². The molecule has 1 aromatic heterocycles. The molecule has 1 heterocycles. The number of halogens is 1. The van der Waals surface area contributed by atoms with E-state index in [-0.39, 0.29) is 23.4 Å². The average molecular weight is 337 g/mol. The zero-order valence-corrected chi connectivity index (χ0v) is 13.6. The standard InChI is InChI=1S/C19H16FN3O2/c1-3-13-7-9-14(10-8-13)18(24)21-12(2)19-22-17(23-25-19)15-5-4-6-16(20)11-15/h3-12H,1H2,2H3,(H,21,24). The van der Waals surface area contributed by atoms with E-state index in [0.717, 1.165) is 5.56 Å². The molecular formula is C19H16FN3O2. The number of amides is 1. The van der Waals surface area contributed by atoms with Crippen molar-refractivity contribution >= 4 is 12.0 Å². The predicted octanol–water partition coefficient (Wildman–Crippen LogP) is 4.01. The van der Waals surface area contributed by atoms with Crippen LogP contribution >= 0.6 is 0 Å². The molecule has 1 unspecified atom stereocenters. The van der Waals surface area contributed by atoms with Crippen molar-refractivity contribution in [2.45, 2.75) is 13.0 Å². The summed E-state index contributed by atoms with van der Waals surface area (Å²) in [5.74, 6) is -0.122. The van der Waals surface area contributed by atoms with E-state index in [1.165, 1.54) is 12.1 Å². The fourth-order valence-corrected chi connectivity index (χ4v) is 2.27. The molecule has 0 aliphatic rings. The molecule has 5 nitrogen and oxygen atoms in total. The molecule has 0 spiro atoms. The fraction of sp³-hybridized carbons (Fsp3) is 0.105. The number of benzene rings is 2. The van der Waals surface area contributed by atoms with E-state index >= 15 is 0 Å². The van der Waals surface area contributed by atoms with E-state index in [2.05, 4.69) is 22.0 Å². The Kier molecular flexibility index (Phi) is 4.70. The fourth-order valence-electron chi connectivity index (χ4n) is 2.27. The molecule has 0 radical (unpaired) electrons. The quantitative estimate of drug-likeness (QED) is 0.764. The molecule has 6 heteroatoms. The number of carbonyl (C=O) groups is 1. The maximum absolute atomic E-state index is 13.3. The van der Waals surface area contributed by atoms with E-state index < -0.39 is 6.04 Å². The lowest BCUT2D eigenvalue weighted by Gasteiger charge is -2.09. The monoisotopic (exact) mass is 337 g/mol. The third-order valence-corrected chi connectivity index (χ3v) is 3.65. The van der Waals surface area contributed by atoms with Crippen molar-refractivity contribution in [1.29, 1.82) is 0 Å². The van der Waals surface area contributed by atoms with Crippen molar-refractivity contribution in [2.24, 2.45) is 0 Å². The molecule has 25 heavy (non-hydrogen) atoms. The molecule has 126 valence electrons. The van der Waals surface area contributed by atoms with Gasteiger partial charge >= 0.3 is 0 Å². The highest BCUT2D eigenvalue weighted by atomic mass is 19.1. The minimum Gasteiger partial charge on any atom is -0.341 e. The van der Waals surface area contributed by atoms with Crippen LogP contribution in [0, 0.1) is 5.82 Å². The molecule has 1 amide bonds. The van der Waals surface area contributed by atoms with Gasteiger partial charge < -0.3 is 9.84 Å². The first-order valence-corrected chi connectivity index (χ1v) is 7.69. The third kappa shape index (κ3) is 3.80. The van der Waals surface area contributed by atoms with Gasteiger partial charge in [-0.2, -0.15) is 4.98 Å². The Morgan fingerprint density at radius 3 is 2.72 bits per heavy atom. The minimum atomic E-state index is -0.485. The van der Waals surface area contributed by atoms with E-state index in [1.54, 1.807) is 49.4 Å². The zero-order valence-electron chi connectivity index (χ0n) is 13.6. The first-order chi connectivity index (χ1) is 12.1. The van der Waals surface area contributed by atoms with Gasteiger partial charge in [0.2, 0.25) is 11.7 Å². The lowest BCUT2D eigenvalue weighted by atomic mass is 10.1. The minimum absolute atomic E-state index is 0.246. The van der Waals surface area contributed by atoms with Crippen molar-refractivity contribution in [3.8, 4) is 11.4 Å². The van der Waals surface area contributed by atoms with E-state index in [0.29, 0.717) is 11.1 Å². The summed E-state index contributed by atoms with van der Waals surface area (Å²) >= 11 is 0. The highest BCUT2D eigenvalue weighted by molar-refractivity contribution is 5.94. The van der Waals surface area contributed by atoms with Crippen LogP contribution in [-0.4, -0.2) is 16.0 Å². The van der Waals surface area contributed by atoms with Gasteiger partial charge in [-0.3, -0.25) is 4.79 Å². The molecule has 1 N–H and O–H groups in total. The molecule has 2 aromatic carbocycles. The molecule has 0 bridgehead atoms. The van der Waals surface area contributed by atoms with E-state index in [9.17, 15) is 9.18 Å². The Balaban J connectivity index is 1.71. The van der Waals surface area contributed by atoms with Gasteiger partial charge in [0.1, 0.15) is 11.9 Å². The van der Waals surface area contributed by atoms with Crippen LogP contribution in [0.25, 0.3) is 17.5 Å². The van der Waals surface area contributed by atoms with Crippen LogP contribution < -0.4 is 5.32 Å². The van der Waals surface area contributed by atoms with Crippen LogP contribution in [0.4, 0.5) is 4.39 Å². The number of hydrogen-bond donors (Lipinski definition) is 1. The third-order valence-electron chi connectivity index (χ3n) is 3.65. The van der Waals surface area contributed by atoms with Crippen molar-refractivity contribution in [2.75, 3.05) is 0 Å². The molecule has 3 aromatic rings.